The number of benzene rings is 1. The van der Waals surface area contributed by atoms with Gasteiger partial charge in [0, 0.05) is 10.6 Å². The van der Waals surface area contributed by atoms with Gasteiger partial charge in [0.25, 0.3) is 0 Å². The van der Waals surface area contributed by atoms with Crippen molar-refractivity contribution in [3.05, 3.63) is 55.7 Å². The van der Waals surface area contributed by atoms with E-state index in [2.05, 4.69) is 0 Å². The molecule has 0 saturated heterocycles. The molecule has 0 amide bonds. The highest BCUT2D eigenvalue weighted by atomic mass is 35.5. The molecule has 0 spiro atoms. The Balaban J connectivity index is 2.50. The molecule has 1 aromatic heterocycles. The molecule has 0 aliphatic carbocycles. The van der Waals surface area contributed by atoms with Gasteiger partial charge in [0.2, 0.25) is 5.78 Å². The smallest absolute Gasteiger partial charge is 0.204 e. The topological polar surface area (TPSA) is 17.1 Å². The van der Waals surface area contributed by atoms with E-state index in [0.29, 0.717) is 20.5 Å². The van der Waals surface area contributed by atoms with Gasteiger partial charge in [0.1, 0.15) is 0 Å². The molecule has 0 saturated carbocycles. The second-order valence-electron chi connectivity index (χ2n) is 3.34. The molecule has 0 atom stereocenters. The van der Waals surface area contributed by atoms with Crippen molar-refractivity contribution in [1.82, 2.24) is 0 Å². The normalized spacial score (nSPS) is 10.4. The molecule has 2 rings (SSSR count). The maximum Gasteiger partial charge on any atom is 0.204 e. The van der Waals surface area contributed by atoms with Crippen LogP contribution in [0.25, 0.3) is 0 Å². The number of halogens is 2. The minimum Gasteiger partial charge on any atom is -0.288 e. The molecule has 1 nitrogen and oxygen atoms in total. The van der Waals surface area contributed by atoms with Crippen LogP contribution in [0.4, 0.5) is 0 Å². The summed E-state index contributed by atoms with van der Waals surface area (Å²) in [7, 11) is 0. The third-order valence-corrected chi connectivity index (χ3v) is 4.09. The van der Waals surface area contributed by atoms with Crippen LogP contribution in [0.3, 0.4) is 0 Å². The molecule has 82 valence electrons. The maximum absolute atomic E-state index is 12.2. The van der Waals surface area contributed by atoms with Crippen molar-refractivity contribution < 1.29 is 4.79 Å². The third-order valence-electron chi connectivity index (χ3n) is 2.34. The Hall–Kier alpha value is -0.830. The fourth-order valence-electron chi connectivity index (χ4n) is 1.43. The Morgan fingerprint density at radius 1 is 1.19 bits per heavy atom. The minimum atomic E-state index is -0.0694. The highest BCUT2D eigenvalue weighted by Gasteiger charge is 2.16. The number of hydrogen-bond donors (Lipinski definition) is 0. The molecule has 0 bridgehead atoms. The second kappa shape index (κ2) is 4.58. The zero-order valence-corrected chi connectivity index (χ0v) is 10.8. The largest absolute Gasteiger partial charge is 0.288 e. The molecule has 1 aromatic carbocycles. The van der Waals surface area contributed by atoms with Gasteiger partial charge in [0.05, 0.1) is 9.90 Å². The van der Waals surface area contributed by atoms with Crippen molar-refractivity contribution in [2.45, 2.75) is 6.92 Å². The Bertz CT molecular complexity index is 546. The summed E-state index contributed by atoms with van der Waals surface area (Å²) in [6.45, 7) is 1.83. The van der Waals surface area contributed by atoms with E-state index in [1.54, 1.807) is 29.6 Å². The summed E-state index contributed by atoms with van der Waals surface area (Å²) in [6, 6.07) is 7.02. The fourth-order valence-corrected chi connectivity index (χ4v) is 2.70. The van der Waals surface area contributed by atoms with E-state index in [0.717, 1.165) is 5.56 Å². The van der Waals surface area contributed by atoms with Crippen LogP contribution in [0.1, 0.15) is 20.8 Å². The average molecular weight is 271 g/mol. The van der Waals surface area contributed by atoms with Gasteiger partial charge in [-0.05, 0) is 30.0 Å². The zero-order valence-electron chi connectivity index (χ0n) is 8.46. The molecular weight excluding hydrogens is 263 g/mol. The van der Waals surface area contributed by atoms with Gasteiger partial charge >= 0.3 is 0 Å². The summed E-state index contributed by atoms with van der Waals surface area (Å²) in [5, 5.41) is 2.89. The van der Waals surface area contributed by atoms with Crippen LogP contribution < -0.4 is 0 Å². The summed E-state index contributed by atoms with van der Waals surface area (Å²) in [5.41, 5.74) is 1.40. The quantitative estimate of drug-likeness (QED) is 0.730. The summed E-state index contributed by atoms with van der Waals surface area (Å²) < 4.78 is 0. The van der Waals surface area contributed by atoms with Crippen molar-refractivity contribution in [2.24, 2.45) is 0 Å². The second-order valence-corrected chi connectivity index (χ2v) is 5.07. The van der Waals surface area contributed by atoms with Gasteiger partial charge in [-0.2, -0.15) is 0 Å². The van der Waals surface area contributed by atoms with Crippen LogP contribution in [0.5, 0.6) is 0 Å². The number of carbonyl (C=O) groups excluding carboxylic acids is 1. The van der Waals surface area contributed by atoms with E-state index >= 15 is 0 Å². The molecule has 0 aliphatic heterocycles. The van der Waals surface area contributed by atoms with Crippen molar-refractivity contribution >= 4 is 40.3 Å². The lowest BCUT2D eigenvalue weighted by Crippen LogP contribution is -2.02. The van der Waals surface area contributed by atoms with Crippen LogP contribution in [-0.2, 0) is 0 Å². The molecule has 0 N–H and O–H groups in total. The monoisotopic (exact) mass is 270 g/mol. The van der Waals surface area contributed by atoms with Gasteiger partial charge in [-0.15, -0.1) is 11.3 Å². The standard InChI is InChI=1S/C12H8Cl2OS/c1-7-8(3-2-4-9(7)13)11(15)12-10(14)5-6-16-12/h2-6H,1H3. The molecule has 0 radical (unpaired) electrons. The van der Waals surface area contributed by atoms with Gasteiger partial charge in [-0.3, -0.25) is 4.79 Å². The van der Waals surface area contributed by atoms with E-state index in [9.17, 15) is 4.79 Å². The van der Waals surface area contributed by atoms with E-state index in [1.165, 1.54) is 11.3 Å². The first-order valence-corrected chi connectivity index (χ1v) is 6.27. The van der Waals surface area contributed by atoms with E-state index < -0.39 is 0 Å². The number of rotatable bonds is 2. The predicted molar refractivity (Wildman–Crippen MR) is 69.0 cm³/mol. The summed E-state index contributed by atoms with van der Waals surface area (Å²) in [5.74, 6) is -0.0694. The molecule has 0 unspecified atom stereocenters. The first-order valence-electron chi connectivity index (χ1n) is 4.64. The zero-order chi connectivity index (χ0) is 11.7. The number of ketones is 1. The van der Waals surface area contributed by atoms with Gasteiger partial charge in [0.15, 0.2) is 0 Å². The Morgan fingerprint density at radius 2 is 1.94 bits per heavy atom. The highest BCUT2D eigenvalue weighted by molar-refractivity contribution is 7.13. The first kappa shape index (κ1) is 11.6. The summed E-state index contributed by atoms with van der Waals surface area (Å²) in [6.07, 6.45) is 0. The van der Waals surface area contributed by atoms with E-state index in [4.69, 9.17) is 23.2 Å². The lowest BCUT2D eigenvalue weighted by Gasteiger charge is -2.05. The Kier molecular flexibility index (Phi) is 3.33. The minimum absolute atomic E-state index is 0.0694. The van der Waals surface area contributed by atoms with Crippen LogP contribution in [0.2, 0.25) is 10.0 Å². The average Bonchev–Trinajstić information content (AvgIpc) is 2.68. The fraction of sp³-hybridized carbons (Fsp3) is 0.0833. The van der Waals surface area contributed by atoms with Crippen LogP contribution in [-0.4, -0.2) is 5.78 Å². The lowest BCUT2D eigenvalue weighted by molar-refractivity contribution is 0.104. The number of carbonyl (C=O) groups is 1. The molecule has 0 fully saturated rings. The van der Waals surface area contributed by atoms with Crippen molar-refractivity contribution in [1.29, 1.82) is 0 Å². The van der Waals surface area contributed by atoms with Crippen LogP contribution >= 0.6 is 34.5 Å². The van der Waals surface area contributed by atoms with Crippen LogP contribution in [0, 0.1) is 6.92 Å². The van der Waals surface area contributed by atoms with E-state index in [1.807, 2.05) is 6.92 Å². The van der Waals surface area contributed by atoms with Gasteiger partial charge < -0.3 is 0 Å². The van der Waals surface area contributed by atoms with Crippen LogP contribution in [0.15, 0.2) is 29.6 Å². The molecule has 0 aliphatic rings. The molecule has 4 heteroatoms. The van der Waals surface area contributed by atoms with Gasteiger partial charge in [-0.1, -0.05) is 35.3 Å². The highest BCUT2D eigenvalue weighted by Crippen LogP contribution is 2.28. The van der Waals surface area contributed by atoms with Crippen molar-refractivity contribution in [3.8, 4) is 0 Å². The lowest BCUT2D eigenvalue weighted by atomic mass is 10.0. The SMILES string of the molecule is Cc1c(Cl)cccc1C(=O)c1sccc1Cl. The predicted octanol–water partition coefficient (Wildman–Crippen LogP) is 4.59. The first-order chi connectivity index (χ1) is 7.61. The molecule has 2 aromatic rings. The molecular formula is C12H8Cl2OS. The maximum atomic E-state index is 12.2. The molecule has 1 heterocycles. The van der Waals surface area contributed by atoms with Crippen molar-refractivity contribution in [2.75, 3.05) is 0 Å². The summed E-state index contributed by atoms with van der Waals surface area (Å²) >= 11 is 13.3. The molecule has 16 heavy (non-hydrogen) atoms. The summed E-state index contributed by atoms with van der Waals surface area (Å²) in [4.78, 5) is 12.7. The Labute approximate surface area is 108 Å². The van der Waals surface area contributed by atoms with E-state index in [-0.39, 0.29) is 5.78 Å². The Morgan fingerprint density at radius 3 is 2.56 bits per heavy atom. The van der Waals surface area contributed by atoms with Gasteiger partial charge in [-0.25, -0.2) is 0 Å². The third kappa shape index (κ3) is 2.01. The number of hydrogen-bond acceptors (Lipinski definition) is 2. The van der Waals surface area contributed by atoms with Crippen molar-refractivity contribution in [3.63, 3.8) is 0 Å². The number of thiophene rings is 1.